The van der Waals surface area contributed by atoms with Crippen LogP contribution in [0.1, 0.15) is 52.4 Å². The topological polar surface area (TPSA) is 38.8 Å². The Hall–Kier alpha value is -0.610. The van der Waals surface area contributed by atoms with Gasteiger partial charge in [0.1, 0.15) is 0 Å². The van der Waals surface area contributed by atoms with E-state index in [-0.39, 0.29) is 0 Å². The number of ether oxygens (including phenoxy) is 2. The molecule has 0 N–H and O–H groups in total. The number of rotatable bonds is 9. The average Bonchev–Trinajstić information content (AvgIpc) is 2.78. The molecule has 0 aromatic rings. The van der Waals surface area contributed by atoms with Crippen LogP contribution in [0.5, 0.6) is 0 Å². The Balaban J connectivity index is 0.000000388. The van der Waals surface area contributed by atoms with Gasteiger partial charge in [0.25, 0.3) is 0 Å². The van der Waals surface area contributed by atoms with Gasteiger partial charge in [-0.05, 0) is 19.3 Å². The molecular weight excluding hydrogens is 242 g/mol. The fraction of sp³-hybridized carbons (Fsp3) is 0.933. The number of carbonyl (C=O) groups is 1. The minimum Gasteiger partial charge on any atom is -0.379 e. The lowest BCUT2D eigenvalue weighted by atomic mass is 10.4. The van der Waals surface area contributed by atoms with Gasteiger partial charge in [0, 0.05) is 33.2 Å². The lowest BCUT2D eigenvalue weighted by Gasteiger charge is -2.03. The van der Waals surface area contributed by atoms with Crippen molar-refractivity contribution in [1.29, 1.82) is 0 Å². The van der Waals surface area contributed by atoms with Gasteiger partial charge in [-0.25, -0.2) is 0 Å². The van der Waals surface area contributed by atoms with E-state index in [0.717, 1.165) is 58.7 Å². The number of nitrogens with zero attached hydrogens (tertiary/aromatic N) is 1. The third-order valence-electron chi connectivity index (χ3n) is 2.97. The molecule has 1 aliphatic rings. The number of likely N-dealkylation sites (tertiary alicyclic amines) is 1. The smallest absolute Gasteiger partial charge is 0.222 e. The second-order valence-corrected chi connectivity index (χ2v) is 4.85. The molecule has 0 saturated carbocycles. The van der Waals surface area contributed by atoms with E-state index in [1.54, 1.807) is 4.90 Å². The minimum atomic E-state index is 0.292. The summed E-state index contributed by atoms with van der Waals surface area (Å²) in [5, 5.41) is 0. The molecule has 1 rings (SSSR count). The van der Waals surface area contributed by atoms with E-state index < -0.39 is 0 Å². The third kappa shape index (κ3) is 12.2. The first-order chi connectivity index (χ1) is 9.22. The van der Waals surface area contributed by atoms with Crippen molar-refractivity contribution in [2.75, 3.05) is 40.0 Å². The van der Waals surface area contributed by atoms with Crippen molar-refractivity contribution < 1.29 is 14.3 Å². The van der Waals surface area contributed by atoms with Crippen LogP contribution in [-0.4, -0.2) is 50.8 Å². The number of carbonyl (C=O) groups excluding carboxylic acids is 1. The van der Waals surface area contributed by atoms with Crippen molar-refractivity contribution in [2.24, 2.45) is 0 Å². The van der Waals surface area contributed by atoms with E-state index in [4.69, 9.17) is 9.47 Å². The van der Waals surface area contributed by atoms with Crippen LogP contribution in [0.2, 0.25) is 0 Å². The normalized spacial score (nSPS) is 14.5. The molecule has 0 aromatic heterocycles. The lowest BCUT2D eigenvalue weighted by molar-refractivity contribution is -0.126. The van der Waals surface area contributed by atoms with Crippen LogP contribution in [0.15, 0.2) is 0 Å². The molecule has 0 aliphatic carbocycles. The first-order valence-corrected chi connectivity index (χ1v) is 7.61. The van der Waals surface area contributed by atoms with Crippen molar-refractivity contribution in [3.8, 4) is 0 Å². The monoisotopic (exact) mass is 273 g/mol. The van der Waals surface area contributed by atoms with E-state index in [2.05, 4.69) is 13.8 Å². The molecule has 4 nitrogen and oxygen atoms in total. The molecule has 19 heavy (non-hydrogen) atoms. The number of hydrogen-bond acceptors (Lipinski definition) is 3. The van der Waals surface area contributed by atoms with Crippen molar-refractivity contribution in [3.63, 3.8) is 0 Å². The highest BCUT2D eigenvalue weighted by atomic mass is 16.5. The molecule has 0 aromatic carbocycles. The zero-order valence-electron chi connectivity index (χ0n) is 13.0. The summed E-state index contributed by atoms with van der Waals surface area (Å²) >= 11 is 0. The Morgan fingerprint density at radius 2 is 1.53 bits per heavy atom. The van der Waals surface area contributed by atoms with E-state index >= 15 is 0 Å². The van der Waals surface area contributed by atoms with Crippen LogP contribution in [0.4, 0.5) is 0 Å². The summed E-state index contributed by atoms with van der Waals surface area (Å²) in [6.07, 6.45) is 6.54. The summed E-state index contributed by atoms with van der Waals surface area (Å²) in [5.74, 6) is 0.292. The number of amides is 1. The predicted octanol–water partition coefficient (Wildman–Crippen LogP) is 2.86. The first-order valence-electron chi connectivity index (χ1n) is 7.61. The van der Waals surface area contributed by atoms with Gasteiger partial charge in [-0.15, -0.1) is 0 Å². The largest absolute Gasteiger partial charge is 0.379 e. The van der Waals surface area contributed by atoms with Crippen LogP contribution in [0.3, 0.4) is 0 Å². The molecule has 1 saturated heterocycles. The van der Waals surface area contributed by atoms with Crippen LogP contribution in [-0.2, 0) is 14.3 Å². The molecule has 0 unspecified atom stereocenters. The summed E-state index contributed by atoms with van der Waals surface area (Å²) in [7, 11) is 1.84. The Kier molecular flexibility index (Phi) is 13.4. The zero-order chi connectivity index (χ0) is 14.3. The highest BCUT2D eigenvalue weighted by Gasteiger charge is 2.14. The fourth-order valence-corrected chi connectivity index (χ4v) is 1.60. The van der Waals surface area contributed by atoms with Crippen molar-refractivity contribution >= 4 is 5.91 Å². The second-order valence-electron chi connectivity index (χ2n) is 4.85. The summed E-state index contributed by atoms with van der Waals surface area (Å²) in [6, 6.07) is 0. The molecule has 1 amide bonds. The Labute approximate surface area is 118 Å². The SMILES string of the molecule is CCCCOCCOCCCC.CN1CCCC1=O. The standard InChI is InChI=1S/C10H22O2.C5H9NO/c1-3-5-7-11-9-10-12-8-6-4-2;1-6-4-2-3-5(6)7/h3-10H2,1-2H3;2-4H2,1H3. The van der Waals surface area contributed by atoms with Gasteiger partial charge in [0.05, 0.1) is 13.2 Å². The summed E-state index contributed by atoms with van der Waals surface area (Å²) in [5.41, 5.74) is 0. The van der Waals surface area contributed by atoms with Gasteiger partial charge in [0.2, 0.25) is 5.91 Å². The molecule has 1 heterocycles. The van der Waals surface area contributed by atoms with Crippen LogP contribution in [0.25, 0.3) is 0 Å². The maximum atomic E-state index is 10.5. The van der Waals surface area contributed by atoms with E-state index in [1.165, 1.54) is 12.8 Å². The Bertz CT molecular complexity index is 200. The van der Waals surface area contributed by atoms with Crippen molar-refractivity contribution in [3.05, 3.63) is 0 Å². The molecule has 0 radical (unpaired) electrons. The maximum Gasteiger partial charge on any atom is 0.222 e. The summed E-state index contributed by atoms with van der Waals surface area (Å²) in [4.78, 5) is 12.3. The molecule has 0 spiro atoms. The summed E-state index contributed by atoms with van der Waals surface area (Å²) in [6.45, 7) is 8.57. The minimum absolute atomic E-state index is 0.292. The van der Waals surface area contributed by atoms with Crippen molar-refractivity contribution in [1.82, 2.24) is 4.90 Å². The van der Waals surface area contributed by atoms with Gasteiger partial charge in [-0.3, -0.25) is 4.79 Å². The molecule has 4 heteroatoms. The van der Waals surface area contributed by atoms with E-state index in [0.29, 0.717) is 5.91 Å². The van der Waals surface area contributed by atoms with Crippen molar-refractivity contribution in [2.45, 2.75) is 52.4 Å². The van der Waals surface area contributed by atoms with Gasteiger partial charge in [-0.1, -0.05) is 26.7 Å². The predicted molar refractivity (Wildman–Crippen MR) is 78.3 cm³/mol. The van der Waals surface area contributed by atoms with Crippen LogP contribution in [0, 0.1) is 0 Å². The third-order valence-corrected chi connectivity index (χ3v) is 2.97. The Morgan fingerprint density at radius 3 is 1.79 bits per heavy atom. The molecule has 1 aliphatic heterocycles. The number of unbranched alkanes of at least 4 members (excludes halogenated alkanes) is 2. The van der Waals surface area contributed by atoms with Gasteiger partial charge < -0.3 is 14.4 Å². The fourth-order valence-electron chi connectivity index (χ4n) is 1.60. The van der Waals surface area contributed by atoms with E-state index in [9.17, 15) is 4.79 Å². The molecular formula is C15H31NO3. The average molecular weight is 273 g/mol. The van der Waals surface area contributed by atoms with Gasteiger partial charge >= 0.3 is 0 Å². The lowest BCUT2D eigenvalue weighted by Crippen LogP contribution is -2.17. The summed E-state index contributed by atoms with van der Waals surface area (Å²) < 4.78 is 10.7. The highest BCUT2D eigenvalue weighted by Crippen LogP contribution is 2.04. The quantitative estimate of drug-likeness (QED) is 0.606. The molecule has 0 bridgehead atoms. The molecule has 114 valence electrons. The second kappa shape index (κ2) is 13.8. The Morgan fingerprint density at radius 1 is 1.00 bits per heavy atom. The maximum absolute atomic E-state index is 10.5. The van der Waals surface area contributed by atoms with Gasteiger partial charge in [0.15, 0.2) is 0 Å². The first kappa shape index (κ1) is 18.4. The highest BCUT2D eigenvalue weighted by molar-refractivity contribution is 5.77. The molecule has 0 atom stereocenters. The molecule has 1 fully saturated rings. The van der Waals surface area contributed by atoms with E-state index in [1.807, 2.05) is 7.05 Å². The van der Waals surface area contributed by atoms with Crippen LogP contribution >= 0.6 is 0 Å². The number of hydrogen-bond donors (Lipinski definition) is 0. The zero-order valence-corrected chi connectivity index (χ0v) is 13.0. The van der Waals surface area contributed by atoms with Crippen LogP contribution < -0.4 is 0 Å². The van der Waals surface area contributed by atoms with Gasteiger partial charge in [-0.2, -0.15) is 0 Å².